The molecule has 0 aliphatic heterocycles. The van der Waals surface area contributed by atoms with Gasteiger partial charge in [0.2, 0.25) is 0 Å². The molecule has 0 atom stereocenters. The van der Waals surface area contributed by atoms with Gasteiger partial charge in [0, 0.05) is 57.7 Å². The molecule has 4 aromatic carbocycles. The van der Waals surface area contributed by atoms with Crippen molar-refractivity contribution >= 4 is 43.6 Å². The summed E-state index contributed by atoms with van der Waals surface area (Å²) in [6.45, 7) is 0. The molecule has 0 amide bonds. The molecule has 3 heterocycles. The van der Waals surface area contributed by atoms with Crippen LogP contribution in [0.1, 0.15) is 0 Å². The molecule has 7 aromatic rings. The molecule has 156 valence electrons. The molecule has 0 spiro atoms. The van der Waals surface area contributed by atoms with Crippen molar-refractivity contribution < 1.29 is 0 Å². The summed E-state index contributed by atoms with van der Waals surface area (Å²) in [6.07, 6.45) is 3.70. The minimum Gasteiger partial charge on any atom is -0.344 e. The quantitative estimate of drug-likeness (QED) is 0.282. The average Bonchev–Trinajstić information content (AvgIpc) is 3.36. The first kappa shape index (κ1) is 18.2. The summed E-state index contributed by atoms with van der Waals surface area (Å²) < 4.78 is 4.60. The number of aromatic nitrogens is 3. The van der Waals surface area contributed by atoms with Crippen molar-refractivity contribution in [3.05, 3.63) is 109 Å². The molecule has 3 heteroatoms. The smallest absolute Gasteiger partial charge is 0.0541 e. The van der Waals surface area contributed by atoms with Gasteiger partial charge in [-0.3, -0.25) is 4.98 Å². The van der Waals surface area contributed by atoms with Crippen molar-refractivity contribution in [3.8, 4) is 16.8 Å². The molecule has 7 rings (SSSR count). The van der Waals surface area contributed by atoms with Crippen LogP contribution in [-0.4, -0.2) is 14.1 Å². The molecule has 0 radical (unpaired) electrons. The summed E-state index contributed by atoms with van der Waals surface area (Å²) in [6, 6.07) is 35.0. The van der Waals surface area contributed by atoms with Gasteiger partial charge in [-0.2, -0.15) is 0 Å². The van der Waals surface area contributed by atoms with Gasteiger partial charge in [-0.15, -0.1) is 0 Å². The van der Waals surface area contributed by atoms with Crippen LogP contribution in [0.5, 0.6) is 0 Å². The van der Waals surface area contributed by atoms with E-state index in [1.54, 1.807) is 0 Å². The zero-order valence-corrected chi connectivity index (χ0v) is 18.2. The van der Waals surface area contributed by atoms with E-state index in [-0.39, 0.29) is 0 Å². The maximum Gasteiger partial charge on any atom is 0.0541 e. The minimum atomic E-state index is 1.13. The lowest BCUT2D eigenvalue weighted by Crippen LogP contribution is -1.93. The van der Waals surface area contributed by atoms with Crippen LogP contribution in [-0.2, 0) is 7.05 Å². The fourth-order valence-electron chi connectivity index (χ4n) is 5.27. The highest BCUT2D eigenvalue weighted by Crippen LogP contribution is 2.36. The Balaban J connectivity index is 1.49. The monoisotopic (exact) mass is 423 g/mol. The number of aryl methyl sites for hydroxylation is 1. The molecular weight excluding hydrogens is 402 g/mol. The van der Waals surface area contributed by atoms with Gasteiger partial charge in [0.1, 0.15) is 0 Å². The summed E-state index contributed by atoms with van der Waals surface area (Å²) in [5.74, 6) is 0. The van der Waals surface area contributed by atoms with Crippen molar-refractivity contribution in [2.75, 3.05) is 0 Å². The number of pyridine rings is 1. The number of fused-ring (bicyclic) bond motifs is 6. The van der Waals surface area contributed by atoms with Gasteiger partial charge < -0.3 is 9.13 Å². The summed E-state index contributed by atoms with van der Waals surface area (Å²) in [7, 11) is 2.14. The lowest BCUT2D eigenvalue weighted by Gasteiger charge is -2.08. The molecule has 0 N–H and O–H groups in total. The van der Waals surface area contributed by atoms with Gasteiger partial charge in [-0.25, -0.2) is 0 Å². The van der Waals surface area contributed by atoms with Gasteiger partial charge in [-0.1, -0.05) is 48.5 Å². The lowest BCUT2D eigenvalue weighted by atomic mass is 10.0. The van der Waals surface area contributed by atoms with E-state index in [9.17, 15) is 0 Å². The Morgan fingerprint density at radius 2 is 1.03 bits per heavy atom. The Bertz CT molecular complexity index is 1820. The largest absolute Gasteiger partial charge is 0.344 e. The topological polar surface area (TPSA) is 22.8 Å². The standard InChI is InChI=1S/C30H21N3/c1-32-27-8-4-2-6-23(27)25-18-20(10-12-28(25)32)21-11-13-30-26(19-21)24-7-3-5-9-29(24)33(30)22-14-16-31-17-15-22/h2-19H,1H3. The molecule has 0 aliphatic rings. The van der Waals surface area contributed by atoms with Gasteiger partial charge in [0.25, 0.3) is 0 Å². The highest BCUT2D eigenvalue weighted by molar-refractivity contribution is 6.12. The van der Waals surface area contributed by atoms with Crippen LogP contribution in [0.15, 0.2) is 109 Å². The van der Waals surface area contributed by atoms with E-state index in [1.807, 2.05) is 12.4 Å². The van der Waals surface area contributed by atoms with Crippen LogP contribution in [0.4, 0.5) is 0 Å². The SMILES string of the molecule is Cn1c2ccccc2c2cc(-c3ccc4c(c3)c3ccccc3n4-c3ccncc3)ccc21. The Labute approximate surface area is 191 Å². The van der Waals surface area contributed by atoms with E-state index in [4.69, 9.17) is 0 Å². The van der Waals surface area contributed by atoms with Gasteiger partial charge in [-0.05, 0) is 59.7 Å². The normalized spacial score (nSPS) is 11.8. The minimum absolute atomic E-state index is 1.13. The van der Waals surface area contributed by atoms with Crippen molar-refractivity contribution in [1.29, 1.82) is 0 Å². The van der Waals surface area contributed by atoms with Crippen molar-refractivity contribution in [1.82, 2.24) is 14.1 Å². The van der Waals surface area contributed by atoms with Crippen molar-refractivity contribution in [2.45, 2.75) is 0 Å². The summed E-state index contributed by atoms with van der Waals surface area (Å²) in [5.41, 5.74) is 8.53. The summed E-state index contributed by atoms with van der Waals surface area (Å²) >= 11 is 0. The predicted octanol–water partition coefficient (Wildman–Crippen LogP) is 7.49. The highest BCUT2D eigenvalue weighted by Gasteiger charge is 2.14. The number of hydrogen-bond donors (Lipinski definition) is 0. The van der Waals surface area contributed by atoms with Crippen molar-refractivity contribution in [3.63, 3.8) is 0 Å². The van der Waals surface area contributed by atoms with E-state index in [1.165, 1.54) is 54.7 Å². The number of benzene rings is 4. The predicted molar refractivity (Wildman–Crippen MR) is 138 cm³/mol. The second-order valence-electron chi connectivity index (χ2n) is 8.60. The molecule has 3 aromatic heterocycles. The van der Waals surface area contributed by atoms with Crippen LogP contribution in [0.25, 0.3) is 60.4 Å². The lowest BCUT2D eigenvalue weighted by molar-refractivity contribution is 1.01. The van der Waals surface area contributed by atoms with E-state index >= 15 is 0 Å². The third-order valence-electron chi connectivity index (χ3n) is 6.84. The first-order valence-electron chi connectivity index (χ1n) is 11.2. The summed E-state index contributed by atoms with van der Waals surface area (Å²) in [4.78, 5) is 4.20. The fraction of sp³-hybridized carbons (Fsp3) is 0.0333. The molecular formula is C30H21N3. The molecule has 3 nitrogen and oxygen atoms in total. The van der Waals surface area contributed by atoms with Gasteiger partial charge in [0.05, 0.1) is 11.0 Å². The third kappa shape index (κ3) is 2.60. The first-order valence-corrected chi connectivity index (χ1v) is 11.2. The second-order valence-corrected chi connectivity index (χ2v) is 8.60. The number of rotatable bonds is 2. The van der Waals surface area contributed by atoms with Crippen LogP contribution >= 0.6 is 0 Å². The van der Waals surface area contributed by atoms with E-state index in [0.29, 0.717) is 0 Å². The zero-order chi connectivity index (χ0) is 21.9. The molecule has 0 aliphatic carbocycles. The Morgan fingerprint density at radius 1 is 0.515 bits per heavy atom. The fourth-order valence-corrected chi connectivity index (χ4v) is 5.27. The number of nitrogens with zero attached hydrogens (tertiary/aromatic N) is 3. The van der Waals surface area contributed by atoms with Crippen LogP contribution in [0, 0.1) is 0 Å². The third-order valence-corrected chi connectivity index (χ3v) is 6.84. The van der Waals surface area contributed by atoms with E-state index in [0.717, 1.165) is 5.69 Å². The van der Waals surface area contributed by atoms with Crippen LogP contribution in [0.2, 0.25) is 0 Å². The average molecular weight is 424 g/mol. The van der Waals surface area contributed by atoms with E-state index in [2.05, 4.69) is 118 Å². The Hall–Kier alpha value is -4.37. The first-order chi connectivity index (χ1) is 16.3. The van der Waals surface area contributed by atoms with Gasteiger partial charge in [0.15, 0.2) is 0 Å². The molecule has 0 bridgehead atoms. The van der Waals surface area contributed by atoms with Crippen LogP contribution < -0.4 is 0 Å². The number of para-hydroxylation sites is 2. The van der Waals surface area contributed by atoms with Gasteiger partial charge >= 0.3 is 0 Å². The zero-order valence-electron chi connectivity index (χ0n) is 18.2. The molecule has 0 unspecified atom stereocenters. The maximum atomic E-state index is 4.20. The second kappa shape index (κ2) is 6.81. The van der Waals surface area contributed by atoms with Crippen molar-refractivity contribution in [2.24, 2.45) is 7.05 Å². The number of hydrogen-bond acceptors (Lipinski definition) is 1. The Kier molecular flexibility index (Phi) is 3.76. The summed E-state index contributed by atoms with van der Waals surface area (Å²) in [5, 5.41) is 5.12. The highest BCUT2D eigenvalue weighted by atomic mass is 15.0. The van der Waals surface area contributed by atoms with E-state index < -0.39 is 0 Å². The molecule has 0 fully saturated rings. The van der Waals surface area contributed by atoms with Crippen LogP contribution in [0.3, 0.4) is 0 Å². The molecule has 0 saturated heterocycles. The maximum absolute atomic E-state index is 4.20. The Morgan fingerprint density at radius 3 is 1.76 bits per heavy atom. The molecule has 33 heavy (non-hydrogen) atoms. The molecule has 0 saturated carbocycles.